The summed E-state index contributed by atoms with van der Waals surface area (Å²) in [6.07, 6.45) is 0. The molecule has 0 aliphatic rings. The fraction of sp³-hybridized carbons (Fsp3) is 0.462. The summed E-state index contributed by atoms with van der Waals surface area (Å²) in [5.74, 6) is -0.0786. The van der Waals surface area contributed by atoms with Crippen molar-refractivity contribution in [1.82, 2.24) is 4.90 Å². The minimum Gasteiger partial charge on any atom is -0.487 e. The molecular weight excluding hydrogens is 284 g/mol. The molecule has 1 aromatic carbocycles. The van der Waals surface area contributed by atoms with Crippen LogP contribution >= 0.6 is 11.6 Å². The van der Waals surface area contributed by atoms with Crippen molar-refractivity contribution >= 4 is 23.2 Å². The number of hydrogen-bond donors (Lipinski definition) is 0. The van der Waals surface area contributed by atoms with E-state index in [-0.39, 0.29) is 41.4 Å². The molecule has 1 rings (SSSR count). The molecular formula is C13H17ClN2O4. The first-order valence-electron chi connectivity index (χ1n) is 6.17. The number of nitro benzene ring substituents is 1. The van der Waals surface area contributed by atoms with E-state index in [0.717, 1.165) is 0 Å². The molecule has 7 heteroatoms. The SMILES string of the molecule is CCOc1c(C(=O)N(C)C(C)CCl)cccc1[N+](=O)[O-]. The van der Waals surface area contributed by atoms with Gasteiger partial charge in [0.05, 0.1) is 17.1 Å². The summed E-state index contributed by atoms with van der Waals surface area (Å²) in [6, 6.07) is 4.11. The van der Waals surface area contributed by atoms with Gasteiger partial charge in [-0.3, -0.25) is 14.9 Å². The van der Waals surface area contributed by atoms with E-state index in [9.17, 15) is 14.9 Å². The van der Waals surface area contributed by atoms with E-state index in [0.29, 0.717) is 0 Å². The number of rotatable bonds is 6. The van der Waals surface area contributed by atoms with Gasteiger partial charge >= 0.3 is 5.69 Å². The molecule has 0 N–H and O–H groups in total. The van der Waals surface area contributed by atoms with Gasteiger partial charge in [-0.15, -0.1) is 11.6 Å². The van der Waals surface area contributed by atoms with E-state index < -0.39 is 4.92 Å². The predicted octanol–water partition coefficient (Wildman–Crippen LogP) is 2.69. The maximum atomic E-state index is 12.4. The van der Waals surface area contributed by atoms with Gasteiger partial charge in [0.15, 0.2) is 0 Å². The molecule has 0 aromatic heterocycles. The Morgan fingerprint density at radius 1 is 1.55 bits per heavy atom. The monoisotopic (exact) mass is 300 g/mol. The summed E-state index contributed by atoms with van der Waals surface area (Å²) in [5, 5.41) is 11.0. The summed E-state index contributed by atoms with van der Waals surface area (Å²) in [6.45, 7) is 3.73. The van der Waals surface area contributed by atoms with Crippen LogP contribution in [0, 0.1) is 10.1 Å². The number of nitrogens with zero attached hydrogens (tertiary/aromatic N) is 2. The maximum Gasteiger partial charge on any atom is 0.311 e. The van der Waals surface area contributed by atoms with Gasteiger partial charge in [0.25, 0.3) is 5.91 Å². The van der Waals surface area contributed by atoms with Crippen molar-refractivity contribution in [3.8, 4) is 5.75 Å². The van der Waals surface area contributed by atoms with Gasteiger partial charge in [0.1, 0.15) is 0 Å². The average molecular weight is 301 g/mol. The largest absolute Gasteiger partial charge is 0.487 e. The highest BCUT2D eigenvalue weighted by molar-refractivity contribution is 6.18. The minimum atomic E-state index is -0.563. The van der Waals surface area contributed by atoms with Crippen LogP contribution in [0.15, 0.2) is 18.2 Å². The quantitative estimate of drug-likeness (QED) is 0.460. The van der Waals surface area contributed by atoms with E-state index in [2.05, 4.69) is 0 Å². The maximum absolute atomic E-state index is 12.4. The van der Waals surface area contributed by atoms with Crippen LogP contribution in [0.5, 0.6) is 5.75 Å². The Kier molecular flexibility index (Phi) is 5.76. The summed E-state index contributed by atoms with van der Waals surface area (Å²) < 4.78 is 5.29. The lowest BCUT2D eigenvalue weighted by atomic mass is 10.1. The van der Waals surface area contributed by atoms with Gasteiger partial charge in [-0.05, 0) is 19.9 Å². The van der Waals surface area contributed by atoms with Gasteiger partial charge in [-0.2, -0.15) is 0 Å². The second-order valence-electron chi connectivity index (χ2n) is 4.26. The lowest BCUT2D eigenvalue weighted by molar-refractivity contribution is -0.385. The number of amides is 1. The van der Waals surface area contributed by atoms with Gasteiger partial charge < -0.3 is 9.64 Å². The first kappa shape index (κ1) is 16.2. The van der Waals surface area contributed by atoms with E-state index in [4.69, 9.17) is 16.3 Å². The molecule has 1 atom stereocenters. The van der Waals surface area contributed by atoms with E-state index in [1.165, 1.54) is 23.1 Å². The number of alkyl halides is 1. The molecule has 0 radical (unpaired) electrons. The number of benzene rings is 1. The first-order chi connectivity index (χ1) is 9.43. The smallest absolute Gasteiger partial charge is 0.311 e. The number of carbonyl (C=O) groups is 1. The van der Waals surface area contributed by atoms with Crippen LogP contribution in [-0.4, -0.2) is 41.3 Å². The Bertz CT molecular complexity index is 507. The zero-order valence-electron chi connectivity index (χ0n) is 11.6. The molecule has 0 fully saturated rings. The summed E-state index contributed by atoms with van der Waals surface area (Å²) in [4.78, 5) is 24.3. The number of carbonyl (C=O) groups excluding carboxylic acids is 1. The molecule has 1 aromatic rings. The molecule has 110 valence electrons. The summed E-state index contributed by atoms with van der Waals surface area (Å²) in [5.41, 5.74) is -0.0508. The zero-order valence-corrected chi connectivity index (χ0v) is 12.4. The van der Waals surface area contributed by atoms with Crippen LogP contribution in [0.2, 0.25) is 0 Å². The number of nitro groups is 1. The molecule has 0 aliphatic heterocycles. The molecule has 0 heterocycles. The topological polar surface area (TPSA) is 72.7 Å². The Labute approximate surface area is 122 Å². The molecule has 0 saturated carbocycles. The molecule has 20 heavy (non-hydrogen) atoms. The molecule has 0 aliphatic carbocycles. The Balaban J connectivity index is 3.26. The van der Waals surface area contributed by atoms with Crippen molar-refractivity contribution in [3.05, 3.63) is 33.9 Å². The van der Waals surface area contributed by atoms with E-state index >= 15 is 0 Å². The highest BCUT2D eigenvalue weighted by Gasteiger charge is 2.26. The van der Waals surface area contributed by atoms with Crippen molar-refractivity contribution in [2.75, 3.05) is 19.5 Å². The first-order valence-corrected chi connectivity index (χ1v) is 6.70. The molecule has 6 nitrogen and oxygen atoms in total. The molecule has 0 saturated heterocycles. The second-order valence-corrected chi connectivity index (χ2v) is 4.57. The third-order valence-corrected chi connectivity index (χ3v) is 3.36. The molecule has 0 spiro atoms. The minimum absolute atomic E-state index is 0.00128. The third kappa shape index (κ3) is 3.39. The molecule has 0 bridgehead atoms. The van der Waals surface area contributed by atoms with Crippen molar-refractivity contribution in [2.24, 2.45) is 0 Å². The van der Waals surface area contributed by atoms with Crippen molar-refractivity contribution in [1.29, 1.82) is 0 Å². The van der Waals surface area contributed by atoms with Gasteiger partial charge in [-0.1, -0.05) is 6.07 Å². The van der Waals surface area contributed by atoms with Gasteiger partial charge in [0, 0.05) is 25.0 Å². The highest BCUT2D eigenvalue weighted by Crippen LogP contribution is 2.31. The van der Waals surface area contributed by atoms with Crippen LogP contribution < -0.4 is 4.74 Å². The Morgan fingerprint density at radius 3 is 2.70 bits per heavy atom. The average Bonchev–Trinajstić information content (AvgIpc) is 2.45. The molecule has 1 unspecified atom stereocenters. The number of para-hydroxylation sites is 1. The van der Waals surface area contributed by atoms with Gasteiger partial charge in [0.2, 0.25) is 5.75 Å². The lowest BCUT2D eigenvalue weighted by Crippen LogP contribution is -2.36. The van der Waals surface area contributed by atoms with Gasteiger partial charge in [-0.25, -0.2) is 0 Å². The van der Waals surface area contributed by atoms with Crippen molar-refractivity contribution < 1.29 is 14.5 Å². The van der Waals surface area contributed by atoms with Crippen LogP contribution in [0.1, 0.15) is 24.2 Å². The van der Waals surface area contributed by atoms with Crippen LogP contribution in [0.25, 0.3) is 0 Å². The van der Waals surface area contributed by atoms with Crippen LogP contribution in [-0.2, 0) is 0 Å². The second kappa shape index (κ2) is 7.09. The number of halogens is 1. The Morgan fingerprint density at radius 2 is 2.20 bits per heavy atom. The summed E-state index contributed by atoms with van der Waals surface area (Å²) >= 11 is 5.73. The highest BCUT2D eigenvalue weighted by atomic mass is 35.5. The Hall–Kier alpha value is -1.82. The van der Waals surface area contributed by atoms with Crippen molar-refractivity contribution in [2.45, 2.75) is 19.9 Å². The standard InChI is InChI=1S/C13H17ClN2O4/c1-4-20-12-10(6-5-7-11(12)16(18)19)13(17)15(3)9(2)8-14/h5-7,9H,4,8H2,1-3H3. The fourth-order valence-electron chi connectivity index (χ4n) is 1.63. The fourth-order valence-corrected chi connectivity index (χ4v) is 1.83. The number of ether oxygens (including phenoxy) is 1. The molecule has 1 amide bonds. The zero-order chi connectivity index (χ0) is 15.3. The lowest BCUT2D eigenvalue weighted by Gasteiger charge is -2.23. The normalized spacial score (nSPS) is 11.8. The van der Waals surface area contributed by atoms with E-state index in [1.54, 1.807) is 20.9 Å². The van der Waals surface area contributed by atoms with Crippen LogP contribution in [0.3, 0.4) is 0 Å². The van der Waals surface area contributed by atoms with Crippen molar-refractivity contribution in [3.63, 3.8) is 0 Å². The third-order valence-electron chi connectivity index (χ3n) is 2.91. The number of hydrogen-bond acceptors (Lipinski definition) is 4. The predicted molar refractivity (Wildman–Crippen MR) is 76.5 cm³/mol. The van der Waals surface area contributed by atoms with Crippen LogP contribution in [0.4, 0.5) is 5.69 Å². The van der Waals surface area contributed by atoms with E-state index in [1.807, 2.05) is 0 Å². The summed E-state index contributed by atoms with van der Waals surface area (Å²) in [7, 11) is 1.60.